The summed E-state index contributed by atoms with van der Waals surface area (Å²) in [4.78, 5) is 12.2. The first-order valence-corrected chi connectivity index (χ1v) is 7.91. The molecule has 0 aromatic heterocycles. The molecule has 6 heteroatoms. The molecule has 2 aromatic carbocycles. The Bertz CT molecular complexity index is 802. The van der Waals surface area contributed by atoms with Gasteiger partial charge in [0.1, 0.15) is 5.75 Å². The smallest absolute Gasteiger partial charge is 0.248 e. The van der Waals surface area contributed by atoms with Crippen molar-refractivity contribution in [2.75, 3.05) is 26.6 Å². The first kappa shape index (κ1) is 18.7. The summed E-state index contributed by atoms with van der Waals surface area (Å²) >= 11 is 6.17. The Morgan fingerprint density at radius 1 is 1.00 bits per heavy atom. The van der Waals surface area contributed by atoms with Crippen LogP contribution in [0.2, 0.25) is 5.02 Å². The van der Waals surface area contributed by atoms with Crippen LogP contribution >= 0.6 is 11.6 Å². The van der Waals surface area contributed by atoms with Gasteiger partial charge in [0.2, 0.25) is 5.91 Å². The van der Waals surface area contributed by atoms with Crippen LogP contribution in [0, 0.1) is 6.92 Å². The molecule has 0 radical (unpaired) electrons. The Morgan fingerprint density at radius 2 is 1.64 bits per heavy atom. The number of hydrogen-bond donors (Lipinski definition) is 1. The third-order valence-electron chi connectivity index (χ3n) is 3.53. The monoisotopic (exact) mass is 361 g/mol. The van der Waals surface area contributed by atoms with Crippen molar-refractivity contribution in [1.29, 1.82) is 0 Å². The van der Waals surface area contributed by atoms with E-state index in [1.54, 1.807) is 25.3 Å². The van der Waals surface area contributed by atoms with Crippen molar-refractivity contribution in [2.24, 2.45) is 0 Å². The minimum absolute atomic E-state index is 0.322. The molecule has 1 amide bonds. The molecule has 0 aliphatic carbocycles. The molecule has 0 fully saturated rings. The highest BCUT2D eigenvalue weighted by atomic mass is 35.5. The number of hydrogen-bond acceptors (Lipinski definition) is 4. The molecule has 0 spiro atoms. The molecule has 0 saturated heterocycles. The highest BCUT2D eigenvalue weighted by Crippen LogP contribution is 2.36. The maximum atomic E-state index is 12.2. The van der Waals surface area contributed by atoms with Crippen LogP contribution in [-0.2, 0) is 4.79 Å². The van der Waals surface area contributed by atoms with E-state index in [4.69, 9.17) is 25.8 Å². The quantitative estimate of drug-likeness (QED) is 0.778. The Hall–Kier alpha value is -2.66. The van der Waals surface area contributed by atoms with Gasteiger partial charge in [-0.15, -0.1) is 0 Å². The van der Waals surface area contributed by atoms with Gasteiger partial charge in [-0.2, -0.15) is 0 Å². The summed E-state index contributed by atoms with van der Waals surface area (Å²) in [5.74, 6) is 1.34. The lowest BCUT2D eigenvalue weighted by molar-refractivity contribution is -0.111. The normalized spacial score (nSPS) is 10.6. The standard InChI is InChI=1S/C19H20ClNO4/c1-12-5-7-16(23-2)13(9-12)6-8-19(22)21-15-11-18(25-4)17(24-3)10-14(15)20/h5-11H,1-4H3,(H,21,22)/b8-6+. The molecule has 0 heterocycles. The van der Waals surface area contributed by atoms with Crippen LogP contribution in [0.4, 0.5) is 5.69 Å². The summed E-state index contributed by atoms with van der Waals surface area (Å²) in [6, 6.07) is 8.94. The van der Waals surface area contributed by atoms with Crippen LogP contribution in [0.15, 0.2) is 36.4 Å². The molecule has 132 valence electrons. The zero-order chi connectivity index (χ0) is 18.4. The van der Waals surface area contributed by atoms with Gasteiger partial charge in [0.15, 0.2) is 11.5 Å². The number of halogens is 1. The topological polar surface area (TPSA) is 56.8 Å². The Morgan fingerprint density at radius 3 is 2.28 bits per heavy atom. The lowest BCUT2D eigenvalue weighted by Gasteiger charge is -2.12. The molecule has 1 N–H and O–H groups in total. The van der Waals surface area contributed by atoms with Gasteiger partial charge in [0, 0.05) is 23.8 Å². The van der Waals surface area contributed by atoms with E-state index in [2.05, 4.69) is 5.32 Å². The fourth-order valence-corrected chi connectivity index (χ4v) is 2.47. The lowest BCUT2D eigenvalue weighted by atomic mass is 10.1. The molecule has 0 saturated carbocycles. The second-order valence-electron chi connectivity index (χ2n) is 5.26. The van der Waals surface area contributed by atoms with E-state index in [1.807, 2.05) is 25.1 Å². The van der Waals surface area contributed by atoms with E-state index in [9.17, 15) is 4.79 Å². The summed E-state index contributed by atoms with van der Waals surface area (Å²) < 4.78 is 15.7. The summed E-state index contributed by atoms with van der Waals surface area (Å²) in [5, 5.41) is 3.08. The summed E-state index contributed by atoms with van der Waals surface area (Å²) in [5.41, 5.74) is 2.32. The van der Waals surface area contributed by atoms with Crippen molar-refractivity contribution in [3.05, 3.63) is 52.6 Å². The van der Waals surface area contributed by atoms with Crippen molar-refractivity contribution in [3.8, 4) is 17.2 Å². The minimum Gasteiger partial charge on any atom is -0.496 e. The van der Waals surface area contributed by atoms with Gasteiger partial charge in [-0.3, -0.25) is 4.79 Å². The summed E-state index contributed by atoms with van der Waals surface area (Å²) in [6.45, 7) is 1.97. The molecule has 2 aromatic rings. The van der Waals surface area contributed by atoms with Crippen molar-refractivity contribution < 1.29 is 19.0 Å². The average molecular weight is 362 g/mol. The van der Waals surface area contributed by atoms with Crippen LogP contribution in [0.3, 0.4) is 0 Å². The molecule has 0 aliphatic heterocycles. The Balaban J connectivity index is 2.19. The number of aryl methyl sites for hydroxylation is 1. The van der Waals surface area contributed by atoms with Gasteiger partial charge in [0.25, 0.3) is 0 Å². The van der Waals surface area contributed by atoms with Crippen LogP contribution in [0.25, 0.3) is 6.08 Å². The van der Waals surface area contributed by atoms with Crippen LogP contribution in [0.5, 0.6) is 17.2 Å². The molecule has 0 aliphatic rings. The highest BCUT2D eigenvalue weighted by molar-refractivity contribution is 6.34. The molecule has 0 atom stereocenters. The average Bonchev–Trinajstić information content (AvgIpc) is 2.61. The lowest BCUT2D eigenvalue weighted by Crippen LogP contribution is -2.08. The number of carbonyl (C=O) groups excluding carboxylic acids is 1. The van der Waals surface area contributed by atoms with Gasteiger partial charge in [0.05, 0.1) is 32.0 Å². The fourth-order valence-electron chi connectivity index (χ4n) is 2.27. The van der Waals surface area contributed by atoms with Gasteiger partial charge in [-0.25, -0.2) is 0 Å². The van der Waals surface area contributed by atoms with Crippen LogP contribution in [-0.4, -0.2) is 27.2 Å². The number of ether oxygens (including phenoxy) is 3. The highest BCUT2D eigenvalue weighted by Gasteiger charge is 2.11. The molecule has 5 nitrogen and oxygen atoms in total. The Labute approximate surface area is 152 Å². The van der Waals surface area contributed by atoms with E-state index in [0.29, 0.717) is 28.0 Å². The molecular weight excluding hydrogens is 342 g/mol. The van der Waals surface area contributed by atoms with Gasteiger partial charge in [-0.05, 0) is 25.1 Å². The third kappa shape index (κ3) is 4.67. The molecule has 25 heavy (non-hydrogen) atoms. The summed E-state index contributed by atoms with van der Waals surface area (Å²) in [7, 11) is 4.62. The zero-order valence-corrected chi connectivity index (χ0v) is 15.3. The zero-order valence-electron chi connectivity index (χ0n) is 14.6. The minimum atomic E-state index is -0.322. The molecular formula is C19H20ClNO4. The molecule has 0 bridgehead atoms. The van der Waals surface area contributed by atoms with E-state index in [0.717, 1.165) is 11.1 Å². The van der Waals surface area contributed by atoms with Crippen molar-refractivity contribution in [3.63, 3.8) is 0 Å². The fraction of sp³-hybridized carbons (Fsp3) is 0.211. The Kier molecular flexibility index (Phi) is 6.31. The maximum Gasteiger partial charge on any atom is 0.248 e. The largest absolute Gasteiger partial charge is 0.496 e. The van der Waals surface area contributed by atoms with E-state index in [1.165, 1.54) is 20.3 Å². The second kappa shape index (κ2) is 8.44. The predicted octanol–water partition coefficient (Wildman–Crippen LogP) is 4.33. The number of methoxy groups -OCH3 is 3. The number of carbonyl (C=O) groups is 1. The number of rotatable bonds is 6. The van der Waals surface area contributed by atoms with E-state index < -0.39 is 0 Å². The summed E-state index contributed by atoms with van der Waals surface area (Å²) in [6.07, 6.45) is 3.11. The van der Waals surface area contributed by atoms with Crippen LogP contribution in [0.1, 0.15) is 11.1 Å². The van der Waals surface area contributed by atoms with E-state index >= 15 is 0 Å². The number of amides is 1. The number of nitrogens with one attached hydrogen (secondary N) is 1. The van der Waals surface area contributed by atoms with Gasteiger partial charge < -0.3 is 19.5 Å². The number of anilines is 1. The molecule has 0 unspecified atom stereocenters. The van der Waals surface area contributed by atoms with Crippen molar-refractivity contribution in [2.45, 2.75) is 6.92 Å². The van der Waals surface area contributed by atoms with Crippen molar-refractivity contribution >= 4 is 29.3 Å². The molecule has 2 rings (SSSR count). The SMILES string of the molecule is COc1ccc(C)cc1/C=C/C(=O)Nc1cc(OC)c(OC)cc1Cl. The first-order chi connectivity index (χ1) is 12.0. The van der Waals surface area contributed by atoms with E-state index in [-0.39, 0.29) is 5.91 Å². The first-order valence-electron chi connectivity index (χ1n) is 7.53. The predicted molar refractivity (Wildman–Crippen MR) is 100.0 cm³/mol. The second-order valence-corrected chi connectivity index (χ2v) is 5.66. The van der Waals surface area contributed by atoms with Crippen LogP contribution < -0.4 is 19.5 Å². The number of benzene rings is 2. The maximum absolute atomic E-state index is 12.2. The van der Waals surface area contributed by atoms with Crippen molar-refractivity contribution in [1.82, 2.24) is 0 Å². The van der Waals surface area contributed by atoms with Gasteiger partial charge >= 0.3 is 0 Å². The third-order valence-corrected chi connectivity index (χ3v) is 3.84. The van der Waals surface area contributed by atoms with Gasteiger partial charge in [-0.1, -0.05) is 23.2 Å².